The molecule has 0 N–H and O–H groups in total. The van der Waals surface area contributed by atoms with Crippen molar-refractivity contribution in [3.05, 3.63) is 59.1 Å². The fraction of sp³-hybridized carbons (Fsp3) is 0.500. The van der Waals surface area contributed by atoms with Crippen molar-refractivity contribution in [2.75, 3.05) is 0 Å². The highest BCUT2D eigenvalue weighted by Gasteiger charge is 2.54. The van der Waals surface area contributed by atoms with Crippen LogP contribution in [0.5, 0.6) is 0 Å². The van der Waals surface area contributed by atoms with E-state index in [0.29, 0.717) is 0 Å². The lowest BCUT2D eigenvalue weighted by molar-refractivity contribution is -0.170. The molecule has 2 aliphatic rings. The summed E-state index contributed by atoms with van der Waals surface area (Å²) in [5.74, 6) is -0.0877. The van der Waals surface area contributed by atoms with Gasteiger partial charge in [-0.15, -0.1) is 0 Å². The number of carbonyl (C=O) groups excluding carboxylic acids is 1. The molecule has 3 atom stereocenters. The van der Waals surface area contributed by atoms with Gasteiger partial charge in [0.2, 0.25) is 5.70 Å². The van der Waals surface area contributed by atoms with Crippen LogP contribution >= 0.6 is 0 Å². The zero-order valence-electron chi connectivity index (χ0n) is 14.0. The lowest BCUT2D eigenvalue weighted by atomic mass is 9.61. The summed E-state index contributed by atoms with van der Waals surface area (Å²) in [6.07, 6.45) is 4.59. The Morgan fingerprint density at radius 2 is 1.96 bits per heavy atom. The van der Waals surface area contributed by atoms with Crippen molar-refractivity contribution < 1.29 is 9.53 Å². The number of hydrogen-bond donors (Lipinski definition) is 0. The number of ketones is 1. The van der Waals surface area contributed by atoms with Gasteiger partial charge in [0.1, 0.15) is 0 Å². The monoisotopic (exact) mass is 309 g/mol. The Balaban J connectivity index is 1.86. The Labute approximate surface area is 138 Å². The molecule has 1 aromatic carbocycles. The van der Waals surface area contributed by atoms with Gasteiger partial charge in [0.15, 0.2) is 5.78 Å². The van der Waals surface area contributed by atoms with Crippen LogP contribution in [0.1, 0.15) is 39.2 Å². The number of fused-ring (bicyclic) bond motifs is 1. The minimum atomic E-state index is -0.654. The van der Waals surface area contributed by atoms with Crippen LogP contribution in [0.25, 0.3) is 4.85 Å². The number of carbonyl (C=O) groups is 1. The minimum Gasteiger partial charge on any atom is -0.373 e. The van der Waals surface area contributed by atoms with Crippen molar-refractivity contribution >= 4 is 5.78 Å². The molecule has 3 heteroatoms. The predicted molar refractivity (Wildman–Crippen MR) is 89.6 cm³/mol. The first-order chi connectivity index (χ1) is 10.9. The largest absolute Gasteiger partial charge is 0.373 e. The molecule has 1 saturated heterocycles. The Hall–Kier alpha value is -1.92. The Bertz CT molecular complexity index is 683. The number of benzene rings is 1. The number of Topliss-reactive ketones (excluding diaryl/α,β-unsaturated/α-hetero) is 1. The molecule has 1 fully saturated rings. The van der Waals surface area contributed by atoms with E-state index >= 15 is 0 Å². The van der Waals surface area contributed by atoms with Gasteiger partial charge in [0.05, 0.1) is 18.8 Å². The fourth-order valence-electron chi connectivity index (χ4n) is 4.10. The molecule has 1 heterocycles. The molecule has 120 valence electrons. The third kappa shape index (κ3) is 2.72. The van der Waals surface area contributed by atoms with Crippen molar-refractivity contribution in [3.8, 4) is 0 Å². The normalized spacial score (nSPS) is 32.6. The average molecular weight is 309 g/mol. The maximum absolute atomic E-state index is 12.6. The van der Waals surface area contributed by atoms with E-state index in [1.807, 2.05) is 38.1 Å². The average Bonchev–Trinajstić information content (AvgIpc) is 2.54. The number of nitrogens with zero attached hydrogens (tertiary/aromatic N) is 1. The summed E-state index contributed by atoms with van der Waals surface area (Å²) >= 11 is 0. The Kier molecular flexibility index (Phi) is 3.90. The van der Waals surface area contributed by atoms with Crippen molar-refractivity contribution in [2.24, 2.45) is 10.8 Å². The first kappa shape index (κ1) is 16.0. The van der Waals surface area contributed by atoms with Gasteiger partial charge in [0, 0.05) is 10.8 Å². The smallest absolute Gasteiger partial charge is 0.226 e. The molecule has 1 aliphatic heterocycles. The number of allylic oxidation sites excluding steroid dienone is 1. The van der Waals surface area contributed by atoms with Crippen LogP contribution in [-0.2, 0) is 16.0 Å². The molecule has 0 spiro atoms. The molecule has 0 saturated carbocycles. The van der Waals surface area contributed by atoms with Gasteiger partial charge < -0.3 is 9.53 Å². The zero-order valence-corrected chi connectivity index (χ0v) is 14.0. The predicted octanol–water partition coefficient (Wildman–Crippen LogP) is 4.20. The first-order valence-corrected chi connectivity index (χ1v) is 8.21. The molecule has 0 amide bonds. The molecule has 0 bridgehead atoms. The van der Waals surface area contributed by atoms with Gasteiger partial charge in [0.25, 0.3) is 0 Å². The lowest BCUT2D eigenvalue weighted by Crippen LogP contribution is -2.56. The van der Waals surface area contributed by atoms with Gasteiger partial charge in [-0.05, 0) is 24.8 Å². The highest BCUT2D eigenvalue weighted by atomic mass is 16.5. The van der Waals surface area contributed by atoms with Gasteiger partial charge >= 0.3 is 0 Å². The van der Waals surface area contributed by atoms with Gasteiger partial charge in [-0.1, -0.05) is 57.2 Å². The molecule has 0 radical (unpaired) electrons. The van der Waals surface area contributed by atoms with Crippen LogP contribution in [0.15, 0.2) is 42.1 Å². The molecular weight excluding hydrogens is 286 g/mol. The number of hydrogen-bond acceptors (Lipinski definition) is 2. The quantitative estimate of drug-likeness (QED) is 0.767. The van der Waals surface area contributed by atoms with Crippen LogP contribution in [-0.4, -0.2) is 18.0 Å². The third-order valence-corrected chi connectivity index (χ3v) is 5.30. The number of ether oxygens (including phenoxy) is 1. The van der Waals surface area contributed by atoms with E-state index in [-0.39, 0.29) is 29.1 Å². The number of rotatable bonds is 2. The topological polar surface area (TPSA) is 30.7 Å². The molecule has 1 aromatic rings. The van der Waals surface area contributed by atoms with Crippen LogP contribution < -0.4 is 0 Å². The second-order valence-corrected chi connectivity index (χ2v) is 7.56. The maximum Gasteiger partial charge on any atom is 0.226 e. The fourth-order valence-corrected chi connectivity index (χ4v) is 4.10. The van der Waals surface area contributed by atoms with E-state index in [2.05, 4.69) is 23.9 Å². The molecule has 0 aromatic heterocycles. The summed E-state index contributed by atoms with van der Waals surface area (Å²) in [7, 11) is 0. The van der Waals surface area contributed by atoms with Crippen molar-refractivity contribution in [1.82, 2.24) is 0 Å². The van der Waals surface area contributed by atoms with Gasteiger partial charge in [-0.2, -0.15) is 0 Å². The standard InChI is InChI=1S/C20H23NO2/c1-19(2)17(22)16(21-4)13-20(3)11-10-15(23-18(19)20)12-14-8-6-5-7-9-14/h5-9,13,15,18H,10-12H2,1-3H3/t15-,18+,20+/m0/s1. The van der Waals surface area contributed by atoms with Crippen molar-refractivity contribution in [1.29, 1.82) is 0 Å². The minimum absolute atomic E-state index is 0.0877. The van der Waals surface area contributed by atoms with Gasteiger partial charge in [-0.25, -0.2) is 4.85 Å². The highest BCUT2D eigenvalue weighted by Crippen LogP contribution is 2.51. The molecule has 3 rings (SSSR count). The lowest BCUT2D eigenvalue weighted by Gasteiger charge is -2.52. The third-order valence-electron chi connectivity index (χ3n) is 5.30. The van der Waals surface area contributed by atoms with Crippen LogP contribution in [0.2, 0.25) is 0 Å². The Morgan fingerprint density at radius 1 is 1.26 bits per heavy atom. The van der Waals surface area contributed by atoms with Crippen LogP contribution in [0.3, 0.4) is 0 Å². The Morgan fingerprint density at radius 3 is 2.61 bits per heavy atom. The molecule has 1 aliphatic carbocycles. The highest BCUT2D eigenvalue weighted by molar-refractivity contribution is 6.02. The molecule has 0 unspecified atom stereocenters. The SMILES string of the molecule is [C-]#[N+]C1=C[C@@]2(C)CC[C@@H](Cc3ccccc3)O[C@@H]2C(C)(C)C1=O. The van der Waals surface area contributed by atoms with Crippen LogP contribution in [0.4, 0.5) is 0 Å². The molecule has 3 nitrogen and oxygen atoms in total. The summed E-state index contributed by atoms with van der Waals surface area (Å²) in [6.45, 7) is 13.2. The second kappa shape index (κ2) is 5.62. The van der Waals surface area contributed by atoms with E-state index < -0.39 is 5.41 Å². The van der Waals surface area contributed by atoms with Crippen LogP contribution in [0, 0.1) is 17.4 Å². The molecule has 23 heavy (non-hydrogen) atoms. The summed E-state index contributed by atoms with van der Waals surface area (Å²) in [5, 5.41) is 0. The second-order valence-electron chi connectivity index (χ2n) is 7.56. The van der Waals surface area contributed by atoms with E-state index in [1.165, 1.54) is 5.56 Å². The first-order valence-electron chi connectivity index (χ1n) is 8.21. The van der Waals surface area contributed by atoms with E-state index in [0.717, 1.165) is 19.3 Å². The summed E-state index contributed by atoms with van der Waals surface area (Å²) in [4.78, 5) is 16.0. The maximum atomic E-state index is 12.6. The summed E-state index contributed by atoms with van der Waals surface area (Å²) in [5.41, 5.74) is 0.653. The van der Waals surface area contributed by atoms with E-state index in [4.69, 9.17) is 11.3 Å². The van der Waals surface area contributed by atoms with E-state index in [9.17, 15) is 4.79 Å². The van der Waals surface area contributed by atoms with Crippen molar-refractivity contribution in [2.45, 2.75) is 52.2 Å². The zero-order chi connectivity index (χ0) is 16.7. The van der Waals surface area contributed by atoms with Crippen molar-refractivity contribution in [3.63, 3.8) is 0 Å². The summed E-state index contributed by atoms with van der Waals surface area (Å²) < 4.78 is 6.41. The molecular formula is C20H23NO2. The summed E-state index contributed by atoms with van der Waals surface area (Å²) in [6, 6.07) is 10.3. The van der Waals surface area contributed by atoms with Gasteiger partial charge in [-0.3, -0.25) is 0 Å². The van der Waals surface area contributed by atoms with E-state index in [1.54, 1.807) is 0 Å².